The number of pyridine rings is 1. The van der Waals surface area contributed by atoms with Crippen LogP contribution in [0, 0.1) is 12.8 Å². The van der Waals surface area contributed by atoms with E-state index in [-0.39, 0.29) is 36.8 Å². The molecule has 2 fully saturated rings. The summed E-state index contributed by atoms with van der Waals surface area (Å²) in [4.78, 5) is 43.3. The predicted octanol–water partition coefficient (Wildman–Crippen LogP) is 3.59. The highest BCUT2D eigenvalue weighted by molar-refractivity contribution is 6.07. The summed E-state index contributed by atoms with van der Waals surface area (Å²) in [6.45, 7) is 6.28. The van der Waals surface area contributed by atoms with E-state index in [9.17, 15) is 14.4 Å². The summed E-state index contributed by atoms with van der Waals surface area (Å²) < 4.78 is 12.6. The Balaban J connectivity index is 0.00000289. The zero-order chi connectivity index (χ0) is 23.8. The Morgan fingerprint density at radius 2 is 1.97 bits per heavy atom. The number of nitrogens with zero attached hydrogens (tertiary/aromatic N) is 3. The minimum absolute atomic E-state index is 0. The van der Waals surface area contributed by atoms with Crippen LogP contribution in [0.1, 0.15) is 62.0 Å². The van der Waals surface area contributed by atoms with E-state index < -0.39 is 0 Å². The van der Waals surface area contributed by atoms with E-state index in [1.807, 2.05) is 23.7 Å². The second kappa shape index (κ2) is 10.2. The van der Waals surface area contributed by atoms with Crippen LogP contribution in [-0.4, -0.2) is 64.5 Å². The van der Waals surface area contributed by atoms with Gasteiger partial charge in [0.25, 0.3) is 11.5 Å². The maximum absolute atomic E-state index is 13.6. The normalized spacial score (nSPS) is 19.0. The first-order chi connectivity index (χ1) is 16.5. The van der Waals surface area contributed by atoms with Crippen LogP contribution in [0.5, 0.6) is 0 Å². The number of rotatable bonds is 4. The van der Waals surface area contributed by atoms with Gasteiger partial charge in [-0.15, -0.1) is 0 Å². The summed E-state index contributed by atoms with van der Waals surface area (Å²) in [5, 5.41) is 5.87. The first kappa shape index (κ1) is 24.9. The molecule has 9 heteroatoms. The summed E-state index contributed by atoms with van der Waals surface area (Å²) in [6, 6.07) is 3.87. The van der Waals surface area contributed by atoms with Crippen molar-refractivity contribution in [3.05, 3.63) is 39.8 Å². The molecule has 0 saturated carbocycles. The molecule has 1 aromatic carbocycles. The van der Waals surface area contributed by atoms with E-state index >= 15 is 0 Å². The van der Waals surface area contributed by atoms with E-state index in [4.69, 9.17) is 9.47 Å². The maximum atomic E-state index is 13.6. The SMILES string of the molecule is C.CCOC(=O)[C@@H]1CCCN(C(=O)c2cc3c(cc2C)[nH]c(=O)c2cnn(C4CCOCC4)c23)C1. The third kappa shape index (κ3) is 4.57. The van der Waals surface area contributed by atoms with Gasteiger partial charge in [0.1, 0.15) is 0 Å². The van der Waals surface area contributed by atoms with Gasteiger partial charge in [-0.2, -0.15) is 5.10 Å². The van der Waals surface area contributed by atoms with Gasteiger partial charge in [-0.3, -0.25) is 19.1 Å². The Morgan fingerprint density at radius 3 is 2.71 bits per heavy atom. The maximum Gasteiger partial charge on any atom is 0.310 e. The summed E-state index contributed by atoms with van der Waals surface area (Å²) in [5.74, 6) is -0.642. The van der Waals surface area contributed by atoms with Crippen molar-refractivity contribution in [2.45, 2.75) is 53.0 Å². The van der Waals surface area contributed by atoms with E-state index in [0.29, 0.717) is 49.4 Å². The minimum Gasteiger partial charge on any atom is -0.466 e. The van der Waals surface area contributed by atoms with Gasteiger partial charge in [-0.1, -0.05) is 7.43 Å². The van der Waals surface area contributed by atoms with Crippen molar-refractivity contribution < 1.29 is 19.1 Å². The molecule has 0 bridgehead atoms. The molecule has 188 valence electrons. The molecule has 2 aliphatic rings. The molecule has 1 atom stereocenters. The van der Waals surface area contributed by atoms with Gasteiger partial charge in [0.05, 0.1) is 41.2 Å². The van der Waals surface area contributed by atoms with Crippen molar-refractivity contribution in [2.75, 3.05) is 32.9 Å². The number of aryl methyl sites for hydroxylation is 1. The van der Waals surface area contributed by atoms with Crippen LogP contribution in [0.15, 0.2) is 23.1 Å². The summed E-state index contributed by atoms with van der Waals surface area (Å²) in [7, 11) is 0. The van der Waals surface area contributed by atoms with E-state index in [2.05, 4.69) is 10.1 Å². The van der Waals surface area contributed by atoms with Gasteiger partial charge < -0.3 is 19.4 Å². The van der Waals surface area contributed by atoms with Crippen LogP contribution in [0.2, 0.25) is 0 Å². The number of likely N-dealkylation sites (tertiary alicyclic amines) is 1. The fraction of sp³-hybridized carbons (Fsp3) is 0.538. The molecule has 1 N–H and O–H groups in total. The number of nitrogens with one attached hydrogen (secondary N) is 1. The quantitative estimate of drug-likeness (QED) is 0.570. The first-order valence-corrected chi connectivity index (χ1v) is 12.1. The lowest BCUT2D eigenvalue weighted by Crippen LogP contribution is -2.43. The van der Waals surface area contributed by atoms with Crippen molar-refractivity contribution in [3.8, 4) is 0 Å². The van der Waals surface area contributed by atoms with Crippen LogP contribution in [-0.2, 0) is 14.3 Å². The molecule has 9 nitrogen and oxygen atoms in total. The van der Waals surface area contributed by atoms with Crippen molar-refractivity contribution in [1.29, 1.82) is 0 Å². The van der Waals surface area contributed by atoms with Crippen LogP contribution < -0.4 is 5.56 Å². The molecule has 2 saturated heterocycles. The third-order valence-electron chi connectivity index (χ3n) is 7.00. The smallest absolute Gasteiger partial charge is 0.310 e. The van der Waals surface area contributed by atoms with Gasteiger partial charge in [0.2, 0.25) is 0 Å². The highest BCUT2D eigenvalue weighted by Gasteiger charge is 2.31. The number of H-pyrrole nitrogens is 1. The Hall–Kier alpha value is -3.20. The summed E-state index contributed by atoms with van der Waals surface area (Å²) in [6.07, 6.45) is 4.75. The monoisotopic (exact) mass is 482 g/mol. The number of aromatic nitrogens is 3. The third-order valence-corrected chi connectivity index (χ3v) is 7.00. The van der Waals surface area contributed by atoms with Crippen molar-refractivity contribution in [3.63, 3.8) is 0 Å². The first-order valence-electron chi connectivity index (χ1n) is 12.1. The fourth-order valence-corrected chi connectivity index (χ4v) is 5.22. The van der Waals surface area contributed by atoms with Crippen LogP contribution in [0.4, 0.5) is 0 Å². The molecule has 2 aliphatic heterocycles. The van der Waals surface area contributed by atoms with Gasteiger partial charge in [0, 0.05) is 37.3 Å². The predicted molar refractivity (Wildman–Crippen MR) is 134 cm³/mol. The molecular formula is C26H34N4O5. The van der Waals surface area contributed by atoms with Crippen molar-refractivity contribution in [1.82, 2.24) is 19.7 Å². The number of esters is 1. The van der Waals surface area contributed by atoms with Crippen molar-refractivity contribution in [2.24, 2.45) is 5.92 Å². The summed E-state index contributed by atoms with van der Waals surface area (Å²) >= 11 is 0. The number of hydrogen-bond donors (Lipinski definition) is 1. The van der Waals surface area contributed by atoms with E-state index in [1.54, 1.807) is 18.0 Å². The standard InChI is InChI=1S/C25H30N4O5.CH4/c1-3-34-25(32)16-5-4-8-28(14-16)24(31)18-12-19-21(11-15(18)2)27-23(30)20-13-26-29(22(19)20)17-6-9-33-10-7-17;/h11-13,16-17H,3-10,14H2,1-2H3,(H,27,30);1H4/t16-;/m1./s1. The number of hydrogen-bond acceptors (Lipinski definition) is 6. The van der Waals surface area contributed by atoms with Gasteiger partial charge in [0.15, 0.2) is 0 Å². The fourth-order valence-electron chi connectivity index (χ4n) is 5.22. The van der Waals surface area contributed by atoms with Crippen molar-refractivity contribution >= 4 is 33.7 Å². The number of aromatic amines is 1. The average molecular weight is 483 g/mol. The van der Waals surface area contributed by atoms with Crippen LogP contribution in [0.3, 0.4) is 0 Å². The molecular weight excluding hydrogens is 448 g/mol. The molecule has 0 aliphatic carbocycles. The Labute approximate surface area is 204 Å². The van der Waals surface area contributed by atoms with Crippen LogP contribution in [0.25, 0.3) is 21.8 Å². The number of benzene rings is 1. The highest BCUT2D eigenvalue weighted by Crippen LogP contribution is 2.30. The van der Waals surface area contributed by atoms with Gasteiger partial charge in [-0.25, -0.2) is 0 Å². The second-order valence-electron chi connectivity index (χ2n) is 9.20. The molecule has 4 heterocycles. The largest absolute Gasteiger partial charge is 0.466 e. The molecule has 0 spiro atoms. The topological polar surface area (TPSA) is 107 Å². The molecule has 35 heavy (non-hydrogen) atoms. The Morgan fingerprint density at radius 1 is 1.20 bits per heavy atom. The van der Waals surface area contributed by atoms with Gasteiger partial charge >= 0.3 is 5.97 Å². The lowest BCUT2D eigenvalue weighted by Gasteiger charge is -2.32. The Bertz CT molecular complexity index is 1300. The van der Waals surface area contributed by atoms with E-state index in [1.165, 1.54) is 0 Å². The number of ether oxygens (including phenoxy) is 2. The second-order valence-corrected chi connectivity index (χ2v) is 9.20. The lowest BCUT2D eigenvalue weighted by atomic mass is 9.96. The number of carbonyl (C=O) groups excluding carboxylic acids is 2. The molecule has 0 unspecified atom stereocenters. The molecule has 3 aromatic rings. The summed E-state index contributed by atoms with van der Waals surface area (Å²) in [5.41, 5.74) is 2.60. The molecule has 0 radical (unpaired) electrons. The average Bonchev–Trinajstić information content (AvgIpc) is 3.30. The van der Waals surface area contributed by atoms with E-state index in [0.717, 1.165) is 42.1 Å². The molecule has 2 aromatic heterocycles. The molecule has 5 rings (SSSR count). The highest BCUT2D eigenvalue weighted by atomic mass is 16.5. The minimum atomic E-state index is -0.295. The Kier molecular flexibility index (Phi) is 7.25. The van der Waals surface area contributed by atoms with Crippen LogP contribution >= 0.6 is 0 Å². The lowest BCUT2D eigenvalue weighted by molar-refractivity contribution is -0.149. The number of piperidine rings is 1. The number of carbonyl (C=O) groups is 2. The zero-order valence-corrected chi connectivity index (χ0v) is 19.6. The molecule has 1 amide bonds. The number of fused-ring (bicyclic) bond motifs is 3. The van der Waals surface area contributed by atoms with Gasteiger partial charge in [-0.05, 0) is 57.2 Å². The zero-order valence-electron chi connectivity index (χ0n) is 19.6. The number of amides is 1.